The first kappa shape index (κ1) is 25.8. The van der Waals surface area contributed by atoms with Crippen molar-refractivity contribution in [3.8, 4) is 0 Å². The number of nitrogens with zero attached hydrogens (tertiary/aromatic N) is 6. The van der Waals surface area contributed by atoms with Gasteiger partial charge in [0.15, 0.2) is 11.8 Å². The van der Waals surface area contributed by atoms with E-state index in [2.05, 4.69) is 32.2 Å². The molecule has 31 heavy (non-hydrogen) atoms. The smallest absolute Gasteiger partial charge is 0.194 e. The molecule has 0 radical (unpaired) electrons. The van der Waals surface area contributed by atoms with Crippen molar-refractivity contribution >= 4 is 41.5 Å². The summed E-state index contributed by atoms with van der Waals surface area (Å²) in [6.07, 6.45) is 2.22. The van der Waals surface area contributed by atoms with Crippen molar-refractivity contribution in [3.63, 3.8) is 0 Å². The molecular formula is C21H32ClFIN7. The minimum atomic E-state index is -0.243. The fourth-order valence-corrected chi connectivity index (χ4v) is 3.63. The molecule has 1 aliphatic rings. The summed E-state index contributed by atoms with van der Waals surface area (Å²) < 4.78 is 16.1. The number of rotatable bonds is 7. The van der Waals surface area contributed by atoms with E-state index in [1.165, 1.54) is 6.07 Å². The topological polar surface area (TPSA) is 61.6 Å². The Hall–Kier alpha value is -1.46. The van der Waals surface area contributed by atoms with Crippen molar-refractivity contribution in [3.05, 3.63) is 46.3 Å². The lowest BCUT2D eigenvalue weighted by Crippen LogP contribution is -2.52. The Labute approximate surface area is 206 Å². The standard InChI is InChI=1S/C21H31ClFN7.HI/c1-4-5-9-24-21(25-14-20-27-26-16(2)28(20)3)30-12-10-29(11-13-30)15-17-18(22)7-6-8-19(17)23;/h6-8H,4-5,9-15H2,1-3H3,(H,24,25);1H. The van der Waals surface area contributed by atoms with Crippen molar-refractivity contribution in [2.45, 2.75) is 39.8 Å². The fourth-order valence-electron chi connectivity index (χ4n) is 3.40. The molecule has 2 heterocycles. The molecule has 1 aromatic heterocycles. The second-order valence-corrected chi connectivity index (χ2v) is 8.01. The Bertz CT molecular complexity index is 845. The molecule has 3 rings (SSSR count). The molecular weight excluding hydrogens is 532 g/mol. The highest BCUT2D eigenvalue weighted by Crippen LogP contribution is 2.21. The molecule has 1 aliphatic heterocycles. The van der Waals surface area contributed by atoms with Crippen LogP contribution in [0.2, 0.25) is 5.02 Å². The van der Waals surface area contributed by atoms with E-state index >= 15 is 0 Å². The monoisotopic (exact) mass is 563 g/mol. The van der Waals surface area contributed by atoms with Crippen LogP contribution in [-0.2, 0) is 20.1 Å². The largest absolute Gasteiger partial charge is 0.356 e. The second-order valence-electron chi connectivity index (χ2n) is 7.61. The number of piperazine rings is 1. The Kier molecular flexibility index (Phi) is 10.4. The number of aliphatic imine (C=N–C) groups is 1. The van der Waals surface area contributed by atoms with E-state index in [1.807, 2.05) is 18.5 Å². The summed E-state index contributed by atoms with van der Waals surface area (Å²) in [5.74, 6) is 2.37. The van der Waals surface area contributed by atoms with Gasteiger partial charge in [-0.3, -0.25) is 4.90 Å². The predicted molar refractivity (Wildman–Crippen MR) is 133 cm³/mol. The van der Waals surface area contributed by atoms with Crippen molar-refractivity contribution in [2.75, 3.05) is 32.7 Å². The van der Waals surface area contributed by atoms with Crippen molar-refractivity contribution < 1.29 is 4.39 Å². The molecule has 0 unspecified atom stereocenters. The zero-order chi connectivity index (χ0) is 21.5. The molecule has 2 aromatic rings. The van der Waals surface area contributed by atoms with Gasteiger partial charge in [0.25, 0.3) is 0 Å². The van der Waals surface area contributed by atoms with Crippen molar-refractivity contribution in [2.24, 2.45) is 12.0 Å². The van der Waals surface area contributed by atoms with E-state index in [-0.39, 0.29) is 29.8 Å². The van der Waals surface area contributed by atoms with Crippen LogP contribution in [0.4, 0.5) is 4.39 Å². The molecule has 0 amide bonds. The number of nitrogens with one attached hydrogen (secondary N) is 1. The van der Waals surface area contributed by atoms with Crippen LogP contribution in [-0.4, -0.2) is 63.2 Å². The highest BCUT2D eigenvalue weighted by atomic mass is 127. The van der Waals surface area contributed by atoms with Gasteiger partial charge in [-0.1, -0.05) is 31.0 Å². The summed E-state index contributed by atoms with van der Waals surface area (Å²) in [7, 11) is 1.96. The lowest BCUT2D eigenvalue weighted by Gasteiger charge is -2.36. The van der Waals surface area contributed by atoms with E-state index < -0.39 is 0 Å². The lowest BCUT2D eigenvalue weighted by atomic mass is 10.2. The molecule has 0 atom stereocenters. The molecule has 10 heteroatoms. The third kappa shape index (κ3) is 7.01. The average Bonchev–Trinajstić information content (AvgIpc) is 3.06. The Balaban J connectivity index is 0.00000341. The quantitative estimate of drug-likeness (QED) is 0.242. The molecule has 1 fully saturated rings. The Morgan fingerprint density at radius 2 is 1.97 bits per heavy atom. The number of aryl methyl sites for hydroxylation is 1. The van der Waals surface area contributed by atoms with Gasteiger partial charge in [-0.05, 0) is 25.5 Å². The van der Waals surface area contributed by atoms with Gasteiger partial charge >= 0.3 is 0 Å². The van der Waals surface area contributed by atoms with Gasteiger partial charge in [0.05, 0.1) is 0 Å². The maximum atomic E-state index is 14.1. The Morgan fingerprint density at radius 3 is 2.58 bits per heavy atom. The second kappa shape index (κ2) is 12.5. The van der Waals surface area contributed by atoms with Gasteiger partial charge in [-0.2, -0.15) is 0 Å². The zero-order valence-corrected chi connectivity index (χ0v) is 21.5. The van der Waals surface area contributed by atoms with E-state index in [0.717, 1.165) is 63.2 Å². The summed E-state index contributed by atoms with van der Waals surface area (Å²) in [5, 5.41) is 12.3. The molecule has 0 spiro atoms. The van der Waals surface area contributed by atoms with E-state index in [0.29, 0.717) is 23.7 Å². The molecule has 0 saturated carbocycles. The third-order valence-corrected chi connectivity index (χ3v) is 5.84. The van der Waals surface area contributed by atoms with Crippen molar-refractivity contribution in [1.29, 1.82) is 0 Å². The average molecular weight is 564 g/mol. The number of hydrogen-bond donors (Lipinski definition) is 1. The summed E-state index contributed by atoms with van der Waals surface area (Å²) in [6.45, 7) is 9.28. The SMILES string of the molecule is CCCCNC(=NCc1nnc(C)n1C)N1CCN(Cc2c(F)cccc2Cl)CC1.I. The molecule has 172 valence electrons. The first-order valence-corrected chi connectivity index (χ1v) is 10.9. The molecule has 1 aromatic carbocycles. The maximum Gasteiger partial charge on any atom is 0.194 e. The van der Waals surface area contributed by atoms with Crippen LogP contribution in [0.3, 0.4) is 0 Å². The number of unbranched alkanes of at least 4 members (excludes halogenated alkanes) is 1. The summed E-state index contributed by atoms with van der Waals surface area (Å²) in [4.78, 5) is 9.30. The lowest BCUT2D eigenvalue weighted by molar-refractivity contribution is 0.170. The van der Waals surface area contributed by atoms with Crippen LogP contribution in [0.25, 0.3) is 0 Å². The molecule has 7 nitrogen and oxygen atoms in total. The summed E-state index contributed by atoms with van der Waals surface area (Å²) in [6, 6.07) is 4.85. The number of halogens is 3. The minimum absolute atomic E-state index is 0. The van der Waals surface area contributed by atoms with E-state index in [1.54, 1.807) is 12.1 Å². The van der Waals surface area contributed by atoms with E-state index in [9.17, 15) is 4.39 Å². The van der Waals surface area contributed by atoms with Gasteiger partial charge in [-0.25, -0.2) is 9.38 Å². The molecule has 0 bridgehead atoms. The van der Waals surface area contributed by atoms with Crippen LogP contribution in [0.5, 0.6) is 0 Å². The molecule has 0 aliphatic carbocycles. The zero-order valence-electron chi connectivity index (χ0n) is 18.4. The third-order valence-electron chi connectivity index (χ3n) is 5.48. The number of guanidine groups is 1. The highest BCUT2D eigenvalue weighted by Gasteiger charge is 2.21. The molecule has 1 saturated heterocycles. The van der Waals surface area contributed by atoms with E-state index in [4.69, 9.17) is 16.6 Å². The van der Waals surface area contributed by atoms with Gasteiger partial charge in [0.1, 0.15) is 18.2 Å². The first-order valence-electron chi connectivity index (χ1n) is 10.5. The first-order chi connectivity index (χ1) is 14.5. The van der Waals surface area contributed by atoms with Crippen LogP contribution < -0.4 is 5.32 Å². The normalized spacial score (nSPS) is 15.1. The van der Waals surface area contributed by atoms with Crippen LogP contribution >= 0.6 is 35.6 Å². The van der Waals surface area contributed by atoms with Gasteiger partial charge in [0.2, 0.25) is 0 Å². The predicted octanol–water partition coefficient (Wildman–Crippen LogP) is 3.60. The van der Waals surface area contributed by atoms with Gasteiger partial charge < -0.3 is 14.8 Å². The Morgan fingerprint density at radius 1 is 1.23 bits per heavy atom. The highest BCUT2D eigenvalue weighted by molar-refractivity contribution is 14.0. The van der Waals surface area contributed by atoms with Gasteiger partial charge in [-0.15, -0.1) is 34.2 Å². The number of hydrogen-bond acceptors (Lipinski definition) is 4. The number of benzene rings is 1. The van der Waals surface area contributed by atoms with Crippen LogP contribution in [0, 0.1) is 12.7 Å². The van der Waals surface area contributed by atoms with Crippen molar-refractivity contribution in [1.82, 2.24) is 29.9 Å². The maximum absolute atomic E-state index is 14.1. The van der Waals surface area contributed by atoms with Gasteiger partial charge in [0, 0.05) is 56.9 Å². The van der Waals surface area contributed by atoms with Crippen LogP contribution in [0.1, 0.15) is 37.0 Å². The minimum Gasteiger partial charge on any atom is -0.356 e. The summed E-state index contributed by atoms with van der Waals surface area (Å²) >= 11 is 6.19. The number of aromatic nitrogens is 3. The molecule has 1 N–H and O–H groups in total. The van der Waals surface area contributed by atoms with Crippen LogP contribution in [0.15, 0.2) is 23.2 Å². The summed E-state index contributed by atoms with van der Waals surface area (Å²) in [5.41, 5.74) is 0.570. The fraction of sp³-hybridized carbons (Fsp3) is 0.571.